The summed E-state index contributed by atoms with van der Waals surface area (Å²) in [5.74, 6) is -1.35. The molecule has 0 amide bonds. The normalized spacial score (nSPS) is 13.9. The van der Waals surface area contributed by atoms with Crippen molar-refractivity contribution in [3.63, 3.8) is 0 Å². The Labute approximate surface area is 105 Å². The monoisotopic (exact) mass is 252 g/mol. The molecule has 1 rings (SSSR count). The highest BCUT2D eigenvalue weighted by Crippen LogP contribution is 2.15. The standard InChI is InChI=1S/C12H16N2O4/c1-8(12(15)16)6-10(13)7-9-2-4-11(5-3-9)14(17)18/h2-5,8,10H,6-7,13H2,1H3,(H,15,16). The Morgan fingerprint density at radius 3 is 2.44 bits per heavy atom. The summed E-state index contributed by atoms with van der Waals surface area (Å²) in [6, 6.07) is 5.86. The van der Waals surface area contributed by atoms with E-state index in [0.717, 1.165) is 5.56 Å². The molecule has 98 valence electrons. The highest BCUT2D eigenvalue weighted by atomic mass is 16.6. The highest BCUT2D eigenvalue weighted by molar-refractivity contribution is 5.69. The van der Waals surface area contributed by atoms with Gasteiger partial charge in [-0.25, -0.2) is 0 Å². The minimum absolute atomic E-state index is 0.0335. The van der Waals surface area contributed by atoms with Crippen molar-refractivity contribution in [3.05, 3.63) is 39.9 Å². The van der Waals surface area contributed by atoms with E-state index in [4.69, 9.17) is 10.8 Å². The summed E-state index contributed by atoms with van der Waals surface area (Å²) in [6.07, 6.45) is 0.891. The molecule has 1 aromatic rings. The first-order valence-corrected chi connectivity index (χ1v) is 5.62. The van der Waals surface area contributed by atoms with Crippen LogP contribution in [0.5, 0.6) is 0 Å². The van der Waals surface area contributed by atoms with Crippen LogP contribution in [0.25, 0.3) is 0 Å². The zero-order chi connectivity index (χ0) is 13.7. The second kappa shape index (κ2) is 6.11. The number of benzene rings is 1. The van der Waals surface area contributed by atoms with Gasteiger partial charge in [0.1, 0.15) is 0 Å². The average molecular weight is 252 g/mol. The van der Waals surface area contributed by atoms with Gasteiger partial charge in [0.05, 0.1) is 10.8 Å². The molecule has 0 aliphatic rings. The number of nitro benzene ring substituents is 1. The topological polar surface area (TPSA) is 106 Å². The van der Waals surface area contributed by atoms with Crippen molar-refractivity contribution in [3.8, 4) is 0 Å². The summed E-state index contributed by atoms with van der Waals surface area (Å²) in [4.78, 5) is 20.7. The molecule has 1 aromatic carbocycles. The lowest BCUT2D eigenvalue weighted by Gasteiger charge is -2.14. The van der Waals surface area contributed by atoms with Crippen molar-refractivity contribution in [1.82, 2.24) is 0 Å². The van der Waals surface area contributed by atoms with E-state index in [2.05, 4.69) is 0 Å². The molecule has 0 aromatic heterocycles. The molecule has 0 saturated carbocycles. The third-order valence-electron chi connectivity index (χ3n) is 2.72. The third-order valence-corrected chi connectivity index (χ3v) is 2.72. The molecule has 0 radical (unpaired) electrons. The van der Waals surface area contributed by atoms with E-state index >= 15 is 0 Å². The summed E-state index contributed by atoms with van der Waals surface area (Å²) in [6.45, 7) is 1.61. The molecule has 3 N–H and O–H groups in total. The fourth-order valence-corrected chi connectivity index (χ4v) is 1.69. The number of carboxylic acids is 1. The van der Waals surface area contributed by atoms with E-state index in [-0.39, 0.29) is 11.7 Å². The maximum atomic E-state index is 10.7. The Balaban J connectivity index is 2.56. The Morgan fingerprint density at radius 2 is 2.00 bits per heavy atom. The van der Waals surface area contributed by atoms with Crippen LogP contribution in [0.15, 0.2) is 24.3 Å². The molecule has 0 spiro atoms. The molecular formula is C12H16N2O4. The number of hydrogen-bond acceptors (Lipinski definition) is 4. The molecule has 0 aliphatic carbocycles. The van der Waals surface area contributed by atoms with E-state index in [1.165, 1.54) is 12.1 Å². The number of aliphatic carboxylic acids is 1. The molecular weight excluding hydrogens is 236 g/mol. The van der Waals surface area contributed by atoms with Gasteiger partial charge in [-0.05, 0) is 18.4 Å². The van der Waals surface area contributed by atoms with Crippen molar-refractivity contribution >= 4 is 11.7 Å². The Kier molecular flexibility index (Phi) is 4.79. The van der Waals surface area contributed by atoms with Crippen molar-refractivity contribution in [2.24, 2.45) is 11.7 Å². The van der Waals surface area contributed by atoms with Crippen LogP contribution >= 0.6 is 0 Å². The molecule has 2 atom stereocenters. The Morgan fingerprint density at radius 1 is 1.44 bits per heavy atom. The van der Waals surface area contributed by atoms with Crippen molar-refractivity contribution in [2.45, 2.75) is 25.8 Å². The van der Waals surface area contributed by atoms with Crippen molar-refractivity contribution in [2.75, 3.05) is 0 Å². The number of hydrogen-bond donors (Lipinski definition) is 2. The van der Waals surface area contributed by atoms with Gasteiger partial charge in [-0.15, -0.1) is 0 Å². The van der Waals surface area contributed by atoms with E-state index in [0.29, 0.717) is 12.8 Å². The highest BCUT2D eigenvalue weighted by Gasteiger charge is 2.16. The lowest BCUT2D eigenvalue weighted by Crippen LogP contribution is -2.28. The number of rotatable bonds is 6. The quantitative estimate of drug-likeness (QED) is 0.590. The summed E-state index contributed by atoms with van der Waals surface area (Å²) < 4.78 is 0. The van der Waals surface area contributed by atoms with Gasteiger partial charge >= 0.3 is 5.97 Å². The first-order chi connectivity index (χ1) is 8.40. The first kappa shape index (κ1) is 14.1. The van der Waals surface area contributed by atoms with Crippen LogP contribution in [0.4, 0.5) is 5.69 Å². The van der Waals surface area contributed by atoms with Gasteiger partial charge in [0.15, 0.2) is 0 Å². The van der Waals surface area contributed by atoms with E-state index < -0.39 is 16.8 Å². The van der Waals surface area contributed by atoms with Crippen LogP contribution in [0.1, 0.15) is 18.9 Å². The third kappa shape index (κ3) is 4.14. The van der Waals surface area contributed by atoms with E-state index in [9.17, 15) is 14.9 Å². The molecule has 0 fully saturated rings. The zero-order valence-corrected chi connectivity index (χ0v) is 10.1. The predicted octanol–water partition coefficient (Wildman–Crippen LogP) is 1.58. The minimum atomic E-state index is -0.867. The lowest BCUT2D eigenvalue weighted by atomic mass is 9.97. The molecule has 2 unspecified atom stereocenters. The average Bonchev–Trinajstić information content (AvgIpc) is 2.29. The molecule has 0 saturated heterocycles. The molecule has 18 heavy (non-hydrogen) atoms. The van der Waals surface area contributed by atoms with Crippen LogP contribution in [0.2, 0.25) is 0 Å². The second-order valence-corrected chi connectivity index (χ2v) is 4.36. The molecule has 6 heteroatoms. The fraction of sp³-hybridized carbons (Fsp3) is 0.417. The van der Waals surface area contributed by atoms with Crippen molar-refractivity contribution < 1.29 is 14.8 Å². The maximum absolute atomic E-state index is 10.7. The van der Waals surface area contributed by atoms with Gasteiger partial charge in [0.25, 0.3) is 5.69 Å². The smallest absolute Gasteiger partial charge is 0.306 e. The number of nitro groups is 1. The molecule has 6 nitrogen and oxygen atoms in total. The van der Waals surface area contributed by atoms with E-state index in [1.807, 2.05) is 0 Å². The molecule has 0 bridgehead atoms. The fourth-order valence-electron chi connectivity index (χ4n) is 1.69. The first-order valence-electron chi connectivity index (χ1n) is 5.62. The zero-order valence-electron chi connectivity index (χ0n) is 10.1. The Bertz CT molecular complexity index is 430. The van der Waals surface area contributed by atoms with Crippen LogP contribution in [0, 0.1) is 16.0 Å². The van der Waals surface area contributed by atoms with Crippen LogP contribution in [-0.2, 0) is 11.2 Å². The van der Waals surface area contributed by atoms with Gasteiger partial charge in [0.2, 0.25) is 0 Å². The summed E-state index contributed by atoms with van der Waals surface area (Å²) in [7, 11) is 0. The molecule has 0 aliphatic heterocycles. The van der Waals surface area contributed by atoms with Gasteiger partial charge in [-0.2, -0.15) is 0 Å². The van der Waals surface area contributed by atoms with Crippen LogP contribution < -0.4 is 5.73 Å². The van der Waals surface area contributed by atoms with Gasteiger partial charge in [-0.3, -0.25) is 14.9 Å². The van der Waals surface area contributed by atoms with Crippen LogP contribution in [0.3, 0.4) is 0 Å². The second-order valence-electron chi connectivity index (χ2n) is 4.36. The predicted molar refractivity (Wildman–Crippen MR) is 66.2 cm³/mol. The number of nitrogens with zero attached hydrogens (tertiary/aromatic N) is 1. The van der Waals surface area contributed by atoms with Crippen molar-refractivity contribution in [1.29, 1.82) is 0 Å². The number of nitrogens with two attached hydrogens (primary N) is 1. The number of carbonyl (C=O) groups is 1. The van der Waals surface area contributed by atoms with Gasteiger partial charge < -0.3 is 10.8 Å². The van der Waals surface area contributed by atoms with Gasteiger partial charge in [0, 0.05) is 18.2 Å². The summed E-state index contributed by atoms with van der Waals surface area (Å²) in [5, 5.41) is 19.2. The van der Waals surface area contributed by atoms with Crippen LogP contribution in [-0.4, -0.2) is 22.0 Å². The minimum Gasteiger partial charge on any atom is -0.481 e. The SMILES string of the molecule is CC(CC(N)Cc1ccc([N+](=O)[O-])cc1)C(=O)O. The van der Waals surface area contributed by atoms with E-state index in [1.54, 1.807) is 19.1 Å². The summed E-state index contributed by atoms with van der Waals surface area (Å²) >= 11 is 0. The number of non-ortho nitro benzene ring substituents is 1. The number of carboxylic acid groups (broad SMARTS) is 1. The lowest BCUT2D eigenvalue weighted by molar-refractivity contribution is -0.384. The summed E-state index contributed by atoms with van der Waals surface area (Å²) in [5.41, 5.74) is 6.74. The molecule has 0 heterocycles. The largest absolute Gasteiger partial charge is 0.481 e. The Hall–Kier alpha value is -1.95. The maximum Gasteiger partial charge on any atom is 0.306 e. The van der Waals surface area contributed by atoms with Gasteiger partial charge in [-0.1, -0.05) is 19.1 Å².